The van der Waals surface area contributed by atoms with E-state index in [0.717, 1.165) is 5.39 Å². The first-order chi connectivity index (χ1) is 13.9. The molecule has 7 heteroatoms. The molecule has 0 saturated heterocycles. The topological polar surface area (TPSA) is 102 Å². The summed E-state index contributed by atoms with van der Waals surface area (Å²) in [6.07, 6.45) is -1.08. The van der Waals surface area contributed by atoms with E-state index in [2.05, 4.69) is 5.32 Å². The lowest BCUT2D eigenvalue weighted by atomic mass is 10.1. The average molecular weight is 392 g/mol. The number of rotatable bonds is 6. The van der Waals surface area contributed by atoms with Crippen molar-refractivity contribution in [3.8, 4) is 11.8 Å². The maximum Gasteiger partial charge on any atom is 0.375 e. The Morgan fingerprint density at radius 2 is 2.00 bits per heavy atom. The number of nitrogens with zero attached hydrogens (tertiary/aromatic N) is 1. The summed E-state index contributed by atoms with van der Waals surface area (Å²) in [5.74, 6) is -0.584. The van der Waals surface area contributed by atoms with E-state index in [0.29, 0.717) is 34.8 Å². The summed E-state index contributed by atoms with van der Waals surface area (Å²) in [5.41, 5.74) is 1.80. The molecule has 148 valence electrons. The lowest BCUT2D eigenvalue weighted by Crippen LogP contribution is -2.30. The van der Waals surface area contributed by atoms with Crippen molar-refractivity contribution in [1.82, 2.24) is 0 Å². The summed E-state index contributed by atoms with van der Waals surface area (Å²) in [6.45, 7) is 5.61. The molecule has 1 aromatic heterocycles. The van der Waals surface area contributed by atoms with Crippen LogP contribution in [0.15, 0.2) is 46.9 Å². The van der Waals surface area contributed by atoms with Crippen LogP contribution in [-0.2, 0) is 9.53 Å². The number of ether oxygens (including phenoxy) is 2. The molecule has 3 rings (SSSR count). The zero-order chi connectivity index (χ0) is 21.0. The molecule has 0 unspecified atom stereocenters. The fraction of sp³-hybridized carbons (Fsp3) is 0.227. The second kappa shape index (κ2) is 8.48. The molecule has 0 bridgehead atoms. The number of esters is 1. The molecule has 1 heterocycles. The Morgan fingerprint density at radius 1 is 1.24 bits per heavy atom. The van der Waals surface area contributed by atoms with Crippen molar-refractivity contribution in [2.75, 3.05) is 11.9 Å². The van der Waals surface area contributed by atoms with Gasteiger partial charge in [-0.3, -0.25) is 4.79 Å². The van der Waals surface area contributed by atoms with Gasteiger partial charge in [0.2, 0.25) is 5.76 Å². The van der Waals surface area contributed by atoms with E-state index >= 15 is 0 Å². The molecule has 7 nitrogen and oxygen atoms in total. The van der Waals surface area contributed by atoms with E-state index in [9.17, 15) is 9.59 Å². The number of carbonyl (C=O) groups is 2. The van der Waals surface area contributed by atoms with E-state index in [-0.39, 0.29) is 5.76 Å². The molecule has 2 aromatic carbocycles. The van der Waals surface area contributed by atoms with Gasteiger partial charge in [0.05, 0.1) is 17.9 Å². The van der Waals surface area contributed by atoms with Crippen molar-refractivity contribution >= 4 is 28.5 Å². The van der Waals surface area contributed by atoms with Crippen LogP contribution in [-0.4, -0.2) is 24.6 Å². The van der Waals surface area contributed by atoms with Gasteiger partial charge in [-0.25, -0.2) is 4.79 Å². The van der Waals surface area contributed by atoms with E-state index in [4.69, 9.17) is 19.2 Å². The van der Waals surface area contributed by atoms with Gasteiger partial charge in [0.25, 0.3) is 5.91 Å². The van der Waals surface area contributed by atoms with E-state index in [1.165, 1.54) is 6.92 Å². The highest BCUT2D eigenvalue weighted by molar-refractivity contribution is 6.00. The molecule has 0 aliphatic rings. The molecule has 0 spiro atoms. The monoisotopic (exact) mass is 392 g/mol. The second-order valence-electron chi connectivity index (χ2n) is 6.34. The van der Waals surface area contributed by atoms with Crippen molar-refractivity contribution in [2.24, 2.45) is 0 Å². The van der Waals surface area contributed by atoms with Crippen molar-refractivity contribution in [3.63, 3.8) is 0 Å². The van der Waals surface area contributed by atoms with Gasteiger partial charge >= 0.3 is 5.97 Å². The van der Waals surface area contributed by atoms with Gasteiger partial charge in [0.15, 0.2) is 6.10 Å². The molecule has 0 aliphatic heterocycles. The predicted molar refractivity (Wildman–Crippen MR) is 107 cm³/mol. The number of nitrogens with one attached hydrogen (secondary N) is 1. The third-order valence-electron chi connectivity index (χ3n) is 4.36. The van der Waals surface area contributed by atoms with Crippen molar-refractivity contribution in [1.29, 1.82) is 5.26 Å². The standard InChI is InChI=1S/C22H20N2O5/c1-4-27-16-9-10-19-17(11-16)13(2)20(29-19)22(26)28-14(3)21(25)24-18-8-6-5-7-15(18)12-23/h5-11,14H,4H2,1-3H3,(H,24,25)/t14-/m0/s1. The molecule has 0 radical (unpaired) electrons. The minimum atomic E-state index is -1.08. The number of furan rings is 1. The molecule has 0 fully saturated rings. The molecule has 29 heavy (non-hydrogen) atoms. The van der Waals surface area contributed by atoms with Gasteiger partial charge in [-0.1, -0.05) is 12.1 Å². The summed E-state index contributed by atoms with van der Waals surface area (Å²) < 4.78 is 16.4. The SMILES string of the molecule is CCOc1ccc2oc(C(=O)O[C@@H](C)C(=O)Nc3ccccc3C#N)c(C)c2c1. The summed E-state index contributed by atoms with van der Waals surface area (Å²) in [6, 6.07) is 13.8. The van der Waals surface area contributed by atoms with Crippen molar-refractivity contribution < 1.29 is 23.5 Å². The molecule has 1 amide bonds. The van der Waals surface area contributed by atoms with Gasteiger partial charge < -0.3 is 19.2 Å². The zero-order valence-corrected chi connectivity index (χ0v) is 16.3. The second-order valence-corrected chi connectivity index (χ2v) is 6.34. The minimum absolute atomic E-state index is 0.0331. The molecule has 0 aliphatic carbocycles. The Hall–Kier alpha value is -3.79. The summed E-state index contributed by atoms with van der Waals surface area (Å²) in [7, 11) is 0. The Morgan fingerprint density at radius 3 is 2.72 bits per heavy atom. The van der Waals surface area contributed by atoms with Crippen LogP contribution >= 0.6 is 0 Å². The number of amides is 1. The lowest BCUT2D eigenvalue weighted by Gasteiger charge is -2.13. The number of hydrogen-bond acceptors (Lipinski definition) is 6. The smallest absolute Gasteiger partial charge is 0.375 e. The lowest BCUT2D eigenvalue weighted by molar-refractivity contribution is -0.123. The maximum absolute atomic E-state index is 12.6. The fourth-order valence-electron chi connectivity index (χ4n) is 2.84. The predicted octanol–water partition coefficient (Wildman–Crippen LogP) is 4.20. The van der Waals surface area contributed by atoms with Crippen molar-refractivity contribution in [2.45, 2.75) is 26.9 Å². The number of nitriles is 1. The maximum atomic E-state index is 12.6. The molecule has 1 N–H and O–H groups in total. The largest absolute Gasteiger partial charge is 0.494 e. The van der Waals surface area contributed by atoms with Crippen LogP contribution in [0.1, 0.15) is 35.5 Å². The highest BCUT2D eigenvalue weighted by Crippen LogP contribution is 2.29. The number of hydrogen-bond donors (Lipinski definition) is 1. The number of aryl methyl sites for hydroxylation is 1. The number of benzene rings is 2. The summed E-state index contributed by atoms with van der Waals surface area (Å²) in [4.78, 5) is 24.9. The Kier molecular flexibility index (Phi) is 5.84. The summed E-state index contributed by atoms with van der Waals surface area (Å²) >= 11 is 0. The third kappa shape index (κ3) is 4.22. The van der Waals surface area contributed by atoms with Gasteiger partial charge in [-0.15, -0.1) is 0 Å². The first-order valence-electron chi connectivity index (χ1n) is 9.11. The van der Waals surface area contributed by atoms with Crippen LogP contribution < -0.4 is 10.1 Å². The molecular formula is C22H20N2O5. The van der Waals surface area contributed by atoms with Crippen LogP contribution in [0.2, 0.25) is 0 Å². The van der Waals surface area contributed by atoms with Crippen molar-refractivity contribution in [3.05, 3.63) is 59.4 Å². The number of para-hydroxylation sites is 1. The molecule has 3 aromatic rings. The quantitative estimate of drug-likeness (QED) is 0.631. The minimum Gasteiger partial charge on any atom is -0.494 e. The highest BCUT2D eigenvalue weighted by Gasteiger charge is 2.25. The molecule has 1 atom stereocenters. The van der Waals surface area contributed by atoms with Crippen LogP contribution in [0.4, 0.5) is 5.69 Å². The zero-order valence-electron chi connectivity index (χ0n) is 16.3. The first-order valence-corrected chi connectivity index (χ1v) is 9.11. The Labute approximate surface area is 167 Å². The van der Waals surface area contributed by atoms with E-state index < -0.39 is 18.0 Å². The Bertz CT molecular complexity index is 1110. The van der Waals surface area contributed by atoms with Crippen LogP contribution in [0.3, 0.4) is 0 Å². The number of fused-ring (bicyclic) bond motifs is 1. The third-order valence-corrected chi connectivity index (χ3v) is 4.36. The van der Waals surface area contributed by atoms with Gasteiger partial charge in [0, 0.05) is 10.9 Å². The Balaban J connectivity index is 1.74. The number of carbonyl (C=O) groups excluding carboxylic acids is 2. The number of anilines is 1. The normalized spacial score (nSPS) is 11.5. The molecule has 0 saturated carbocycles. The summed E-state index contributed by atoms with van der Waals surface area (Å²) in [5, 5.41) is 12.4. The fourth-order valence-corrected chi connectivity index (χ4v) is 2.84. The van der Waals surface area contributed by atoms with Gasteiger partial charge in [-0.05, 0) is 51.1 Å². The van der Waals surface area contributed by atoms with Gasteiger partial charge in [0.1, 0.15) is 17.4 Å². The first kappa shape index (κ1) is 20.0. The van der Waals surface area contributed by atoms with Crippen LogP contribution in [0.25, 0.3) is 11.0 Å². The average Bonchev–Trinajstić information content (AvgIpc) is 3.05. The highest BCUT2D eigenvalue weighted by atomic mass is 16.6. The van der Waals surface area contributed by atoms with Crippen LogP contribution in [0, 0.1) is 18.3 Å². The van der Waals surface area contributed by atoms with E-state index in [1.54, 1.807) is 49.4 Å². The van der Waals surface area contributed by atoms with Gasteiger partial charge in [-0.2, -0.15) is 5.26 Å². The van der Waals surface area contributed by atoms with E-state index in [1.807, 2.05) is 13.0 Å². The van der Waals surface area contributed by atoms with Crippen LogP contribution in [0.5, 0.6) is 5.75 Å². The molecular weight excluding hydrogens is 372 g/mol.